The Balaban J connectivity index is 2.89. The predicted molar refractivity (Wildman–Crippen MR) is 83.8 cm³/mol. The molecule has 0 aromatic heterocycles. The molecule has 0 heterocycles. The van der Waals surface area contributed by atoms with E-state index in [0.717, 1.165) is 0 Å². The van der Waals surface area contributed by atoms with Crippen LogP contribution < -0.4 is 5.32 Å². The number of benzene rings is 1. The van der Waals surface area contributed by atoms with E-state index in [1.165, 1.54) is 4.90 Å². The Labute approximate surface area is 130 Å². The highest BCUT2D eigenvalue weighted by Gasteiger charge is 2.17. The minimum atomic E-state index is -0.409. The van der Waals surface area contributed by atoms with Crippen LogP contribution >= 0.6 is 11.6 Å². The summed E-state index contributed by atoms with van der Waals surface area (Å²) in [6.45, 7) is 5.49. The molecule has 5 nitrogen and oxygen atoms in total. The molecular weight excluding hydrogens is 292 g/mol. The van der Waals surface area contributed by atoms with E-state index in [-0.39, 0.29) is 18.4 Å². The van der Waals surface area contributed by atoms with Gasteiger partial charge in [-0.2, -0.15) is 0 Å². The number of amides is 2. The molecule has 0 spiro atoms. The molecule has 0 aliphatic carbocycles. The van der Waals surface area contributed by atoms with E-state index in [9.17, 15) is 9.59 Å². The molecule has 0 aliphatic heterocycles. The third-order valence-corrected chi connectivity index (χ3v) is 2.76. The van der Waals surface area contributed by atoms with Crippen LogP contribution in [0, 0.1) is 0 Å². The van der Waals surface area contributed by atoms with Gasteiger partial charge in [0.2, 0.25) is 5.91 Å². The van der Waals surface area contributed by atoms with Crippen LogP contribution in [0.15, 0.2) is 18.2 Å². The van der Waals surface area contributed by atoms with Crippen LogP contribution in [0.2, 0.25) is 5.02 Å². The molecule has 0 saturated carbocycles. The van der Waals surface area contributed by atoms with Crippen molar-refractivity contribution in [2.75, 3.05) is 26.0 Å². The fraction of sp³-hybridized carbons (Fsp3) is 0.467. The summed E-state index contributed by atoms with van der Waals surface area (Å²) in [7, 11) is 3.29. The van der Waals surface area contributed by atoms with Gasteiger partial charge in [0.15, 0.2) is 0 Å². The highest BCUT2D eigenvalue weighted by Crippen LogP contribution is 2.22. The standard InChI is InChI=1S/C15H21ClN2O3/c1-15(2,3)21-9-13(19)17-12-8-10(16)6-7-11(12)14(20)18(4)5/h6-8H,9H2,1-5H3,(H,17,19). The lowest BCUT2D eigenvalue weighted by Gasteiger charge is -2.20. The van der Waals surface area contributed by atoms with E-state index in [1.54, 1.807) is 32.3 Å². The third kappa shape index (κ3) is 5.73. The first-order valence-electron chi connectivity index (χ1n) is 6.55. The summed E-state index contributed by atoms with van der Waals surface area (Å²) in [4.78, 5) is 25.4. The van der Waals surface area contributed by atoms with Crippen molar-refractivity contribution in [3.8, 4) is 0 Å². The molecule has 21 heavy (non-hydrogen) atoms. The van der Waals surface area contributed by atoms with Gasteiger partial charge in [0.05, 0.1) is 16.9 Å². The highest BCUT2D eigenvalue weighted by atomic mass is 35.5. The molecule has 0 unspecified atom stereocenters. The first-order chi connectivity index (χ1) is 9.60. The van der Waals surface area contributed by atoms with Gasteiger partial charge in [0.25, 0.3) is 5.91 Å². The fourth-order valence-electron chi connectivity index (χ4n) is 1.52. The van der Waals surface area contributed by atoms with E-state index in [4.69, 9.17) is 16.3 Å². The van der Waals surface area contributed by atoms with Gasteiger partial charge in [0.1, 0.15) is 6.61 Å². The summed E-state index contributed by atoms with van der Waals surface area (Å²) < 4.78 is 5.40. The largest absolute Gasteiger partial charge is 0.366 e. The molecule has 0 bridgehead atoms. The Morgan fingerprint density at radius 1 is 1.29 bits per heavy atom. The molecule has 1 N–H and O–H groups in total. The van der Waals surface area contributed by atoms with Gasteiger partial charge in [-0.05, 0) is 39.0 Å². The Morgan fingerprint density at radius 3 is 2.43 bits per heavy atom. The van der Waals surface area contributed by atoms with Gasteiger partial charge >= 0.3 is 0 Å². The Kier molecular flexibility index (Phi) is 5.75. The summed E-state index contributed by atoms with van der Waals surface area (Å²) in [5, 5.41) is 3.11. The summed E-state index contributed by atoms with van der Waals surface area (Å²) >= 11 is 5.93. The number of nitrogens with zero attached hydrogens (tertiary/aromatic N) is 1. The van der Waals surface area contributed by atoms with Crippen molar-refractivity contribution in [2.24, 2.45) is 0 Å². The number of hydrogen-bond acceptors (Lipinski definition) is 3. The monoisotopic (exact) mass is 312 g/mol. The normalized spacial score (nSPS) is 11.1. The lowest BCUT2D eigenvalue weighted by atomic mass is 10.1. The first kappa shape index (κ1) is 17.5. The Morgan fingerprint density at radius 2 is 1.90 bits per heavy atom. The maximum atomic E-state index is 12.1. The molecule has 6 heteroatoms. The zero-order valence-corrected chi connectivity index (χ0v) is 13.7. The summed E-state index contributed by atoms with van der Waals surface area (Å²) in [5.41, 5.74) is 0.353. The summed E-state index contributed by atoms with van der Waals surface area (Å²) in [6, 6.07) is 4.75. The van der Waals surface area contributed by atoms with Gasteiger partial charge in [0, 0.05) is 19.1 Å². The third-order valence-electron chi connectivity index (χ3n) is 2.53. The number of halogens is 1. The zero-order valence-electron chi connectivity index (χ0n) is 13.0. The maximum Gasteiger partial charge on any atom is 0.255 e. The second-order valence-corrected chi connectivity index (χ2v) is 6.28. The lowest BCUT2D eigenvalue weighted by Crippen LogP contribution is -2.28. The number of anilines is 1. The van der Waals surface area contributed by atoms with Crippen LogP contribution in [0.1, 0.15) is 31.1 Å². The van der Waals surface area contributed by atoms with E-state index < -0.39 is 5.60 Å². The molecule has 0 saturated heterocycles. The van der Waals surface area contributed by atoms with Crippen LogP contribution in [0.4, 0.5) is 5.69 Å². The number of nitrogens with one attached hydrogen (secondary N) is 1. The van der Waals surface area contributed by atoms with E-state index in [1.807, 2.05) is 20.8 Å². The molecular formula is C15H21ClN2O3. The lowest BCUT2D eigenvalue weighted by molar-refractivity contribution is -0.125. The van der Waals surface area contributed by atoms with Crippen LogP contribution in [-0.2, 0) is 9.53 Å². The number of carbonyl (C=O) groups excluding carboxylic acids is 2. The second-order valence-electron chi connectivity index (χ2n) is 5.84. The van der Waals surface area contributed by atoms with E-state index >= 15 is 0 Å². The van der Waals surface area contributed by atoms with Crippen molar-refractivity contribution in [3.05, 3.63) is 28.8 Å². The number of ether oxygens (including phenoxy) is 1. The van der Waals surface area contributed by atoms with E-state index in [2.05, 4.69) is 5.32 Å². The molecule has 0 aliphatic rings. The van der Waals surface area contributed by atoms with Crippen molar-refractivity contribution in [1.29, 1.82) is 0 Å². The molecule has 0 atom stereocenters. The Bertz CT molecular complexity index is 536. The number of rotatable bonds is 4. The summed E-state index contributed by atoms with van der Waals surface area (Å²) in [6.07, 6.45) is 0. The SMILES string of the molecule is CN(C)C(=O)c1ccc(Cl)cc1NC(=O)COC(C)(C)C. The number of carbonyl (C=O) groups is 2. The molecule has 116 valence electrons. The van der Waals surface area contributed by atoms with Crippen LogP contribution in [0.5, 0.6) is 0 Å². The average Bonchev–Trinajstić information content (AvgIpc) is 2.35. The van der Waals surface area contributed by atoms with Crippen molar-refractivity contribution >= 4 is 29.1 Å². The van der Waals surface area contributed by atoms with Crippen molar-refractivity contribution in [1.82, 2.24) is 4.90 Å². The van der Waals surface area contributed by atoms with Crippen molar-refractivity contribution in [3.63, 3.8) is 0 Å². The molecule has 1 aromatic carbocycles. The molecule has 1 rings (SSSR count). The smallest absolute Gasteiger partial charge is 0.255 e. The van der Waals surface area contributed by atoms with E-state index in [0.29, 0.717) is 16.3 Å². The Hall–Kier alpha value is -1.59. The highest BCUT2D eigenvalue weighted by molar-refractivity contribution is 6.31. The van der Waals surface area contributed by atoms with Gasteiger partial charge < -0.3 is 15.0 Å². The first-order valence-corrected chi connectivity index (χ1v) is 6.93. The summed E-state index contributed by atoms with van der Waals surface area (Å²) in [5.74, 6) is -0.543. The molecule has 0 fully saturated rings. The van der Waals surface area contributed by atoms with Crippen LogP contribution in [-0.4, -0.2) is 43.0 Å². The molecule has 1 aromatic rings. The fourth-order valence-corrected chi connectivity index (χ4v) is 1.69. The van der Waals surface area contributed by atoms with Gasteiger partial charge in [-0.3, -0.25) is 9.59 Å². The van der Waals surface area contributed by atoms with Gasteiger partial charge in [-0.15, -0.1) is 0 Å². The molecule has 2 amide bonds. The number of hydrogen-bond donors (Lipinski definition) is 1. The minimum absolute atomic E-state index is 0.0917. The average molecular weight is 313 g/mol. The topological polar surface area (TPSA) is 58.6 Å². The zero-order chi connectivity index (χ0) is 16.2. The molecule has 0 radical (unpaired) electrons. The van der Waals surface area contributed by atoms with Gasteiger partial charge in [-0.1, -0.05) is 11.6 Å². The van der Waals surface area contributed by atoms with Gasteiger partial charge in [-0.25, -0.2) is 0 Å². The minimum Gasteiger partial charge on any atom is -0.366 e. The van der Waals surface area contributed by atoms with Crippen LogP contribution in [0.25, 0.3) is 0 Å². The van der Waals surface area contributed by atoms with Crippen LogP contribution in [0.3, 0.4) is 0 Å². The second kappa shape index (κ2) is 6.91. The predicted octanol–water partition coefficient (Wildman–Crippen LogP) is 2.80. The van der Waals surface area contributed by atoms with Crippen molar-refractivity contribution < 1.29 is 14.3 Å². The van der Waals surface area contributed by atoms with Crippen molar-refractivity contribution in [2.45, 2.75) is 26.4 Å². The quantitative estimate of drug-likeness (QED) is 0.930. The maximum absolute atomic E-state index is 12.1.